The highest BCUT2D eigenvalue weighted by Crippen LogP contribution is 2.24. The van der Waals surface area contributed by atoms with E-state index in [0.29, 0.717) is 5.75 Å². The van der Waals surface area contributed by atoms with E-state index in [4.69, 9.17) is 14.9 Å². The van der Waals surface area contributed by atoms with E-state index < -0.39 is 24.6 Å². The standard InChI is InChI=1S/C11H15FN2O4/c1-18-10-3-2-7(12)4-9(10)14-11(17)13-5-8(16)6-15/h2-4,8,15-16H,5-6H2,1H3,(H2,13,14,17)/t8-/m1/s1. The molecule has 0 unspecified atom stereocenters. The highest BCUT2D eigenvalue weighted by Gasteiger charge is 2.09. The van der Waals surface area contributed by atoms with E-state index >= 15 is 0 Å². The van der Waals surface area contributed by atoms with E-state index in [0.717, 1.165) is 6.07 Å². The van der Waals surface area contributed by atoms with Crippen LogP contribution in [0.5, 0.6) is 5.75 Å². The van der Waals surface area contributed by atoms with Gasteiger partial charge in [0.05, 0.1) is 25.5 Å². The Labute approximate surface area is 103 Å². The molecule has 0 saturated carbocycles. The summed E-state index contributed by atoms with van der Waals surface area (Å²) in [4.78, 5) is 11.4. The molecule has 0 bridgehead atoms. The van der Waals surface area contributed by atoms with E-state index in [-0.39, 0.29) is 12.2 Å². The Kier molecular flexibility index (Phi) is 5.34. The number of urea groups is 1. The SMILES string of the molecule is COc1ccc(F)cc1NC(=O)NC[C@@H](O)CO. The summed E-state index contributed by atoms with van der Waals surface area (Å²) in [6.45, 7) is -0.566. The Bertz CT molecular complexity index is 414. The first-order valence-electron chi connectivity index (χ1n) is 5.24. The minimum Gasteiger partial charge on any atom is -0.495 e. The van der Waals surface area contributed by atoms with Crippen molar-refractivity contribution in [2.24, 2.45) is 0 Å². The smallest absolute Gasteiger partial charge is 0.319 e. The fourth-order valence-electron chi connectivity index (χ4n) is 1.22. The van der Waals surface area contributed by atoms with E-state index in [1.165, 1.54) is 19.2 Å². The van der Waals surface area contributed by atoms with E-state index in [2.05, 4.69) is 10.6 Å². The average molecular weight is 258 g/mol. The van der Waals surface area contributed by atoms with Gasteiger partial charge in [-0.3, -0.25) is 0 Å². The lowest BCUT2D eigenvalue weighted by Gasteiger charge is -2.12. The van der Waals surface area contributed by atoms with E-state index in [9.17, 15) is 9.18 Å². The Morgan fingerprint density at radius 2 is 2.28 bits per heavy atom. The molecule has 0 heterocycles. The molecule has 1 aromatic rings. The summed E-state index contributed by atoms with van der Waals surface area (Å²) in [5.41, 5.74) is 0.175. The maximum atomic E-state index is 13.0. The van der Waals surface area contributed by atoms with Crippen molar-refractivity contribution in [1.29, 1.82) is 0 Å². The van der Waals surface area contributed by atoms with Gasteiger partial charge in [0.15, 0.2) is 0 Å². The van der Waals surface area contributed by atoms with E-state index in [1.807, 2.05) is 0 Å². The number of halogens is 1. The number of hydrogen-bond acceptors (Lipinski definition) is 4. The first-order chi connectivity index (χ1) is 8.56. The van der Waals surface area contributed by atoms with Crippen molar-refractivity contribution in [2.45, 2.75) is 6.10 Å². The fourth-order valence-corrected chi connectivity index (χ4v) is 1.22. The molecular weight excluding hydrogens is 243 g/mol. The third-order valence-corrected chi connectivity index (χ3v) is 2.12. The molecule has 0 aliphatic carbocycles. The molecule has 1 aromatic carbocycles. The molecule has 2 amide bonds. The van der Waals surface area contributed by atoms with Crippen LogP contribution in [0.2, 0.25) is 0 Å². The number of rotatable bonds is 5. The van der Waals surface area contributed by atoms with Crippen LogP contribution in [0.15, 0.2) is 18.2 Å². The second kappa shape index (κ2) is 6.77. The van der Waals surface area contributed by atoms with Gasteiger partial charge in [-0.05, 0) is 12.1 Å². The maximum Gasteiger partial charge on any atom is 0.319 e. The average Bonchev–Trinajstić information content (AvgIpc) is 2.36. The maximum absolute atomic E-state index is 13.0. The monoisotopic (exact) mass is 258 g/mol. The van der Waals surface area contributed by atoms with Gasteiger partial charge in [0.1, 0.15) is 11.6 Å². The first-order valence-corrected chi connectivity index (χ1v) is 5.24. The van der Waals surface area contributed by atoms with Crippen molar-refractivity contribution in [2.75, 3.05) is 25.6 Å². The second-order valence-electron chi connectivity index (χ2n) is 3.52. The zero-order valence-electron chi connectivity index (χ0n) is 9.81. The van der Waals surface area contributed by atoms with Crippen LogP contribution in [-0.4, -0.2) is 42.6 Å². The van der Waals surface area contributed by atoms with Gasteiger partial charge in [-0.15, -0.1) is 0 Å². The third-order valence-electron chi connectivity index (χ3n) is 2.12. The minimum absolute atomic E-state index is 0.111. The lowest BCUT2D eigenvalue weighted by Crippen LogP contribution is -2.36. The molecule has 0 radical (unpaired) electrons. The highest BCUT2D eigenvalue weighted by atomic mass is 19.1. The molecular formula is C11H15FN2O4. The topological polar surface area (TPSA) is 90.8 Å². The molecule has 0 spiro atoms. The van der Waals surface area contributed by atoms with E-state index in [1.54, 1.807) is 0 Å². The number of ether oxygens (including phenoxy) is 1. The van der Waals surface area contributed by atoms with Gasteiger partial charge in [-0.25, -0.2) is 9.18 Å². The lowest BCUT2D eigenvalue weighted by molar-refractivity contribution is 0.0965. The number of benzene rings is 1. The summed E-state index contributed by atoms with van der Waals surface area (Å²) in [6.07, 6.45) is -1.04. The van der Waals surface area contributed by atoms with Gasteiger partial charge in [0.2, 0.25) is 0 Å². The van der Waals surface area contributed by atoms with Gasteiger partial charge in [-0.1, -0.05) is 0 Å². The summed E-state index contributed by atoms with van der Waals surface area (Å²) in [6, 6.07) is 3.07. The number of carbonyl (C=O) groups is 1. The van der Waals surface area contributed by atoms with Crippen LogP contribution >= 0.6 is 0 Å². The van der Waals surface area contributed by atoms with Crippen LogP contribution in [0.1, 0.15) is 0 Å². The van der Waals surface area contributed by atoms with Crippen LogP contribution in [0, 0.1) is 5.82 Å². The summed E-state index contributed by atoms with van der Waals surface area (Å²) < 4.78 is 18.0. The Morgan fingerprint density at radius 1 is 1.56 bits per heavy atom. The molecule has 0 saturated heterocycles. The molecule has 1 rings (SSSR count). The quantitative estimate of drug-likeness (QED) is 0.611. The molecule has 18 heavy (non-hydrogen) atoms. The zero-order valence-corrected chi connectivity index (χ0v) is 9.81. The lowest BCUT2D eigenvalue weighted by atomic mass is 10.3. The fraction of sp³-hybridized carbons (Fsp3) is 0.364. The molecule has 0 fully saturated rings. The Balaban J connectivity index is 2.61. The second-order valence-corrected chi connectivity index (χ2v) is 3.52. The van der Waals surface area contributed by atoms with Crippen LogP contribution in [-0.2, 0) is 0 Å². The first kappa shape index (κ1) is 14.2. The van der Waals surface area contributed by atoms with Crippen molar-refractivity contribution in [1.82, 2.24) is 5.32 Å². The van der Waals surface area contributed by atoms with Gasteiger partial charge < -0.3 is 25.6 Å². The number of hydrogen-bond donors (Lipinski definition) is 4. The van der Waals surface area contributed by atoms with Crippen LogP contribution < -0.4 is 15.4 Å². The van der Waals surface area contributed by atoms with Gasteiger partial charge >= 0.3 is 6.03 Å². The number of nitrogens with one attached hydrogen (secondary N) is 2. The molecule has 0 aliphatic heterocycles. The zero-order chi connectivity index (χ0) is 13.5. The normalized spacial score (nSPS) is 11.8. The number of aliphatic hydroxyl groups excluding tert-OH is 2. The number of methoxy groups -OCH3 is 1. The van der Waals surface area contributed by atoms with Gasteiger partial charge in [0.25, 0.3) is 0 Å². The van der Waals surface area contributed by atoms with Gasteiger partial charge in [-0.2, -0.15) is 0 Å². The molecule has 6 nitrogen and oxygen atoms in total. The summed E-state index contributed by atoms with van der Waals surface area (Å²) in [7, 11) is 1.39. The van der Waals surface area contributed by atoms with Crippen molar-refractivity contribution in [3.05, 3.63) is 24.0 Å². The van der Waals surface area contributed by atoms with Crippen molar-refractivity contribution in [3.63, 3.8) is 0 Å². The number of aliphatic hydroxyl groups is 2. The Morgan fingerprint density at radius 3 is 2.89 bits per heavy atom. The van der Waals surface area contributed by atoms with Crippen molar-refractivity contribution in [3.8, 4) is 5.75 Å². The number of amides is 2. The molecule has 100 valence electrons. The highest BCUT2D eigenvalue weighted by molar-refractivity contribution is 5.90. The molecule has 0 aliphatic rings. The molecule has 0 aromatic heterocycles. The Hall–Kier alpha value is -1.86. The number of anilines is 1. The minimum atomic E-state index is -1.04. The van der Waals surface area contributed by atoms with Crippen LogP contribution in [0.25, 0.3) is 0 Å². The molecule has 4 N–H and O–H groups in total. The predicted molar refractivity (Wildman–Crippen MR) is 63.1 cm³/mol. The molecule has 1 atom stereocenters. The van der Waals surface area contributed by atoms with Crippen molar-refractivity contribution < 1.29 is 24.1 Å². The van der Waals surface area contributed by atoms with Gasteiger partial charge in [0, 0.05) is 12.6 Å². The number of carbonyl (C=O) groups excluding carboxylic acids is 1. The predicted octanol–water partition coefficient (Wildman–Crippen LogP) is 0.309. The summed E-state index contributed by atoms with van der Waals surface area (Å²) in [5, 5.41) is 22.3. The molecule has 7 heteroatoms. The largest absolute Gasteiger partial charge is 0.495 e. The van der Waals surface area contributed by atoms with Crippen LogP contribution in [0.3, 0.4) is 0 Å². The summed E-state index contributed by atoms with van der Waals surface area (Å²) in [5.74, 6) is -0.198. The third kappa shape index (κ3) is 4.19. The summed E-state index contributed by atoms with van der Waals surface area (Å²) >= 11 is 0. The van der Waals surface area contributed by atoms with Crippen molar-refractivity contribution >= 4 is 11.7 Å². The van der Waals surface area contributed by atoms with Crippen LogP contribution in [0.4, 0.5) is 14.9 Å².